The van der Waals surface area contributed by atoms with Gasteiger partial charge in [0, 0.05) is 4.47 Å². The second-order valence-corrected chi connectivity index (χ2v) is 4.66. The molecule has 0 heterocycles. The predicted octanol–water partition coefficient (Wildman–Crippen LogP) is 3.21. The van der Waals surface area contributed by atoms with Crippen LogP contribution in [0.1, 0.15) is 25.8 Å². The van der Waals surface area contributed by atoms with Gasteiger partial charge in [-0.1, -0.05) is 35.0 Å². The molecular weight excluding hydrogens is 254 g/mol. The molecule has 1 N–H and O–H groups in total. The third-order valence-corrected chi connectivity index (χ3v) is 3.20. The van der Waals surface area contributed by atoms with Crippen LogP contribution in [-0.2, 0) is 5.60 Å². The first-order valence-electron chi connectivity index (χ1n) is 4.90. The van der Waals surface area contributed by atoms with Gasteiger partial charge in [-0.25, -0.2) is 0 Å². The summed E-state index contributed by atoms with van der Waals surface area (Å²) in [7, 11) is 0. The molecule has 1 rings (SSSR count). The molecule has 0 saturated heterocycles. The fraction of sp³-hybridized carbons (Fsp3) is 0.417. The summed E-state index contributed by atoms with van der Waals surface area (Å²) >= 11 is 3.34. The van der Waals surface area contributed by atoms with Gasteiger partial charge in [-0.2, -0.15) is 5.26 Å². The van der Waals surface area contributed by atoms with E-state index in [4.69, 9.17) is 5.26 Å². The van der Waals surface area contributed by atoms with Crippen molar-refractivity contribution in [3.05, 3.63) is 34.3 Å². The van der Waals surface area contributed by atoms with Crippen LogP contribution >= 0.6 is 15.9 Å². The zero-order chi connectivity index (χ0) is 11.5. The fourth-order valence-electron chi connectivity index (χ4n) is 1.60. The van der Waals surface area contributed by atoms with Crippen molar-refractivity contribution in [3.63, 3.8) is 0 Å². The molecule has 0 fully saturated rings. The van der Waals surface area contributed by atoms with Crippen molar-refractivity contribution in [2.75, 3.05) is 0 Å². The van der Waals surface area contributed by atoms with Gasteiger partial charge in [-0.3, -0.25) is 0 Å². The van der Waals surface area contributed by atoms with E-state index < -0.39 is 5.60 Å². The molecule has 80 valence electrons. The van der Waals surface area contributed by atoms with Crippen LogP contribution in [0.2, 0.25) is 0 Å². The van der Waals surface area contributed by atoms with E-state index in [1.165, 1.54) is 0 Å². The first-order chi connectivity index (χ1) is 7.02. The second-order valence-electron chi connectivity index (χ2n) is 3.74. The Morgan fingerprint density at radius 1 is 1.47 bits per heavy atom. The van der Waals surface area contributed by atoms with E-state index in [2.05, 4.69) is 22.0 Å². The molecule has 0 aliphatic heterocycles. The van der Waals surface area contributed by atoms with E-state index in [9.17, 15) is 5.11 Å². The van der Waals surface area contributed by atoms with E-state index in [0.29, 0.717) is 6.42 Å². The number of hydrogen-bond donors (Lipinski definition) is 1. The van der Waals surface area contributed by atoms with Gasteiger partial charge >= 0.3 is 0 Å². The normalized spacial score (nSPS) is 16.5. The molecule has 2 atom stereocenters. The van der Waals surface area contributed by atoms with Crippen LogP contribution in [0.5, 0.6) is 0 Å². The van der Waals surface area contributed by atoms with E-state index in [1.54, 1.807) is 6.92 Å². The SMILES string of the molecule is CCC(C#N)C(C)(O)c1ccc(Br)cc1. The van der Waals surface area contributed by atoms with Gasteiger partial charge in [0.2, 0.25) is 0 Å². The van der Waals surface area contributed by atoms with E-state index in [1.807, 2.05) is 31.2 Å². The monoisotopic (exact) mass is 267 g/mol. The molecule has 0 spiro atoms. The molecule has 1 aromatic carbocycles. The lowest BCUT2D eigenvalue weighted by Crippen LogP contribution is -2.30. The second kappa shape index (κ2) is 4.78. The molecule has 0 aliphatic rings. The minimum Gasteiger partial charge on any atom is -0.384 e. The molecule has 0 radical (unpaired) electrons. The molecule has 0 amide bonds. The van der Waals surface area contributed by atoms with Crippen LogP contribution in [-0.4, -0.2) is 5.11 Å². The zero-order valence-corrected chi connectivity index (χ0v) is 10.5. The van der Waals surface area contributed by atoms with Gasteiger partial charge in [0.05, 0.1) is 12.0 Å². The van der Waals surface area contributed by atoms with Crippen LogP contribution in [0, 0.1) is 17.2 Å². The van der Waals surface area contributed by atoms with E-state index in [0.717, 1.165) is 10.0 Å². The van der Waals surface area contributed by atoms with Crippen molar-refractivity contribution < 1.29 is 5.11 Å². The zero-order valence-electron chi connectivity index (χ0n) is 8.87. The number of benzene rings is 1. The van der Waals surface area contributed by atoms with E-state index >= 15 is 0 Å². The molecule has 0 aliphatic carbocycles. The van der Waals surface area contributed by atoms with Crippen LogP contribution in [0.15, 0.2) is 28.7 Å². The Morgan fingerprint density at radius 3 is 2.40 bits per heavy atom. The number of rotatable bonds is 3. The lowest BCUT2D eigenvalue weighted by molar-refractivity contribution is 0.0151. The van der Waals surface area contributed by atoms with Gasteiger partial charge in [-0.05, 0) is 31.0 Å². The Labute approximate surface area is 98.7 Å². The number of nitriles is 1. The molecule has 0 saturated carbocycles. The van der Waals surface area contributed by atoms with Crippen molar-refractivity contribution in [1.82, 2.24) is 0 Å². The van der Waals surface area contributed by atoms with Crippen LogP contribution in [0.25, 0.3) is 0 Å². The maximum Gasteiger partial charge on any atom is 0.103 e. The lowest BCUT2D eigenvalue weighted by Gasteiger charge is -2.28. The minimum absolute atomic E-state index is 0.376. The number of nitrogens with zero attached hydrogens (tertiary/aromatic N) is 1. The number of hydrogen-bond acceptors (Lipinski definition) is 2. The fourth-order valence-corrected chi connectivity index (χ4v) is 1.87. The highest BCUT2D eigenvalue weighted by Gasteiger charge is 2.32. The Hall–Kier alpha value is -0.850. The van der Waals surface area contributed by atoms with Crippen molar-refractivity contribution in [3.8, 4) is 6.07 Å². The largest absolute Gasteiger partial charge is 0.384 e. The van der Waals surface area contributed by atoms with Crippen molar-refractivity contribution >= 4 is 15.9 Å². The summed E-state index contributed by atoms with van der Waals surface area (Å²) in [6.07, 6.45) is 0.638. The number of halogens is 1. The standard InChI is InChI=1S/C12H14BrNO/c1-3-9(8-14)12(2,15)10-4-6-11(13)7-5-10/h4-7,9,15H,3H2,1-2H3. The topological polar surface area (TPSA) is 44.0 Å². The highest BCUT2D eigenvalue weighted by atomic mass is 79.9. The van der Waals surface area contributed by atoms with Crippen LogP contribution in [0.4, 0.5) is 0 Å². The van der Waals surface area contributed by atoms with Crippen LogP contribution in [0.3, 0.4) is 0 Å². The highest BCUT2D eigenvalue weighted by Crippen LogP contribution is 2.31. The lowest BCUT2D eigenvalue weighted by atomic mass is 9.82. The molecule has 2 unspecified atom stereocenters. The average molecular weight is 268 g/mol. The quantitative estimate of drug-likeness (QED) is 0.914. The third-order valence-electron chi connectivity index (χ3n) is 2.67. The van der Waals surface area contributed by atoms with Gasteiger partial charge in [0.15, 0.2) is 0 Å². The smallest absolute Gasteiger partial charge is 0.103 e. The first-order valence-corrected chi connectivity index (χ1v) is 5.69. The predicted molar refractivity (Wildman–Crippen MR) is 63.1 cm³/mol. The molecule has 1 aromatic rings. The maximum atomic E-state index is 10.3. The average Bonchev–Trinajstić information content (AvgIpc) is 2.19. The first kappa shape index (κ1) is 12.2. The Bertz CT molecular complexity index is 364. The van der Waals surface area contributed by atoms with Crippen molar-refractivity contribution in [1.29, 1.82) is 5.26 Å². The summed E-state index contributed by atoms with van der Waals surface area (Å²) in [6, 6.07) is 9.56. The summed E-state index contributed by atoms with van der Waals surface area (Å²) < 4.78 is 0.965. The van der Waals surface area contributed by atoms with Gasteiger partial charge in [-0.15, -0.1) is 0 Å². The van der Waals surface area contributed by atoms with Gasteiger partial charge < -0.3 is 5.11 Å². The Balaban J connectivity index is 3.05. The molecular formula is C12H14BrNO. The summed E-state index contributed by atoms with van der Waals surface area (Å²) in [5.41, 5.74) is -0.302. The van der Waals surface area contributed by atoms with Crippen LogP contribution < -0.4 is 0 Å². The van der Waals surface area contributed by atoms with Crippen molar-refractivity contribution in [2.45, 2.75) is 25.9 Å². The summed E-state index contributed by atoms with van der Waals surface area (Å²) in [5.74, 6) is -0.376. The Kier molecular flexibility index (Phi) is 3.90. The summed E-state index contributed by atoms with van der Waals surface area (Å²) in [4.78, 5) is 0. The van der Waals surface area contributed by atoms with E-state index in [-0.39, 0.29) is 5.92 Å². The molecule has 3 heteroatoms. The molecule has 15 heavy (non-hydrogen) atoms. The summed E-state index contributed by atoms with van der Waals surface area (Å²) in [5, 5.41) is 19.3. The third kappa shape index (κ3) is 2.58. The molecule has 0 bridgehead atoms. The van der Waals surface area contributed by atoms with Gasteiger partial charge in [0.1, 0.15) is 5.60 Å². The highest BCUT2D eigenvalue weighted by molar-refractivity contribution is 9.10. The molecule has 2 nitrogen and oxygen atoms in total. The van der Waals surface area contributed by atoms with Gasteiger partial charge in [0.25, 0.3) is 0 Å². The minimum atomic E-state index is -1.08. The Morgan fingerprint density at radius 2 is 2.00 bits per heavy atom. The summed E-state index contributed by atoms with van der Waals surface area (Å²) in [6.45, 7) is 3.59. The number of aliphatic hydroxyl groups is 1. The van der Waals surface area contributed by atoms with Crippen molar-refractivity contribution in [2.24, 2.45) is 5.92 Å². The maximum absolute atomic E-state index is 10.3. The molecule has 0 aromatic heterocycles.